The van der Waals surface area contributed by atoms with Gasteiger partial charge in [-0.1, -0.05) is 74.5 Å². The van der Waals surface area contributed by atoms with Crippen molar-refractivity contribution in [2.24, 2.45) is 33.5 Å². The van der Waals surface area contributed by atoms with Gasteiger partial charge in [0.2, 0.25) is 0 Å². The van der Waals surface area contributed by atoms with Crippen molar-refractivity contribution >= 4 is 11.9 Å². The highest BCUT2D eigenvalue weighted by Crippen LogP contribution is 2.79. The molecule has 1 saturated heterocycles. The molecule has 9 rings (SSSR count). The van der Waals surface area contributed by atoms with E-state index in [2.05, 4.69) is 36.8 Å². The van der Waals surface area contributed by atoms with Crippen molar-refractivity contribution < 1.29 is 37.3 Å². The Bertz CT molecular complexity index is 1690. The van der Waals surface area contributed by atoms with E-state index < -0.39 is 40.4 Å². The van der Waals surface area contributed by atoms with Gasteiger partial charge >= 0.3 is 12.5 Å². The fourth-order valence-electron chi connectivity index (χ4n) is 11.3. The maximum Gasteiger partial charge on any atom is 0.573 e. The van der Waals surface area contributed by atoms with Gasteiger partial charge in [-0.25, -0.2) is 4.79 Å². The van der Waals surface area contributed by atoms with Gasteiger partial charge in [0, 0.05) is 33.9 Å². The van der Waals surface area contributed by atoms with Crippen LogP contribution in [0.25, 0.3) is 0 Å². The van der Waals surface area contributed by atoms with E-state index in [0.717, 1.165) is 37.7 Å². The number of hydrogen-bond acceptors (Lipinski definition) is 5. The smallest absolute Gasteiger partial charge is 0.440 e. The Morgan fingerprint density at radius 3 is 2.36 bits per heavy atom. The summed E-state index contributed by atoms with van der Waals surface area (Å²) in [4.78, 5) is 29.7. The average molecular weight is 648 g/mol. The molecule has 1 heterocycles. The molecule has 2 aromatic rings. The Hall–Kier alpha value is -3.59. The quantitative estimate of drug-likeness (QED) is 0.263. The second kappa shape index (κ2) is 9.97. The number of carbonyl (C=O) groups excluding carboxylic acids is 2. The highest BCUT2D eigenvalue weighted by Gasteiger charge is 2.76. The number of fused-ring (bicyclic) bond motifs is 2. The molecule has 8 atom stereocenters. The minimum atomic E-state index is -4.77. The van der Waals surface area contributed by atoms with Gasteiger partial charge in [0.1, 0.15) is 11.4 Å². The molecule has 47 heavy (non-hydrogen) atoms. The van der Waals surface area contributed by atoms with Crippen LogP contribution in [0.4, 0.5) is 18.0 Å². The summed E-state index contributed by atoms with van der Waals surface area (Å²) in [6, 6.07) is 15.1. The predicted molar refractivity (Wildman–Crippen MR) is 167 cm³/mol. The van der Waals surface area contributed by atoms with Crippen LogP contribution < -0.4 is 4.74 Å². The van der Waals surface area contributed by atoms with Gasteiger partial charge in [0.05, 0.1) is 12.6 Å². The van der Waals surface area contributed by atoms with E-state index in [-0.39, 0.29) is 35.3 Å². The summed E-state index contributed by atoms with van der Waals surface area (Å²) in [7, 11) is 0. The number of aliphatic hydroxyl groups is 1. The standard InChI is InChI=1S/C38H40F3NO5/c1-33-15-12-26(43)20-35(33)18-19-37(28(21-35)31(44)25-6-4-3-5-7-25)29(33)13-16-34(2)30(37)14-17-36(34)23-42(32(45)47-36)22-24-8-10-27(11-9-24)46-38(39,40)41/h3-11,18-19,21,26,29-30,43H,12-17,20,22-23H2,1-2H3/t26-,29+,30+,33+,34-,35-,36+,37-/m0/s1. The summed E-state index contributed by atoms with van der Waals surface area (Å²) >= 11 is 0. The van der Waals surface area contributed by atoms with Crippen LogP contribution >= 0.6 is 0 Å². The number of Topliss-reactive ketones (excluding diaryl/α,β-unsaturated/α-hetero) is 1. The van der Waals surface area contributed by atoms with Crippen LogP contribution in [0.5, 0.6) is 5.75 Å². The summed E-state index contributed by atoms with van der Waals surface area (Å²) in [5, 5.41) is 10.9. The molecule has 2 bridgehead atoms. The van der Waals surface area contributed by atoms with Crippen LogP contribution in [0.2, 0.25) is 0 Å². The van der Waals surface area contributed by atoms with E-state index in [4.69, 9.17) is 4.74 Å². The summed E-state index contributed by atoms with van der Waals surface area (Å²) in [6.45, 7) is 5.21. The van der Waals surface area contributed by atoms with Gasteiger partial charge < -0.3 is 14.6 Å². The van der Waals surface area contributed by atoms with E-state index in [0.29, 0.717) is 30.5 Å². The second-order valence-corrected chi connectivity index (χ2v) is 15.4. The first-order valence-electron chi connectivity index (χ1n) is 16.8. The van der Waals surface area contributed by atoms with Crippen LogP contribution in [0.3, 0.4) is 0 Å². The highest BCUT2D eigenvalue weighted by molar-refractivity contribution is 6.10. The normalized spacial score (nSPS) is 40.0. The van der Waals surface area contributed by atoms with Crippen LogP contribution in [-0.2, 0) is 11.3 Å². The van der Waals surface area contributed by atoms with Crippen LogP contribution in [0, 0.1) is 33.5 Å². The fourth-order valence-corrected chi connectivity index (χ4v) is 11.3. The number of allylic oxidation sites excluding steroid dienone is 4. The largest absolute Gasteiger partial charge is 0.573 e. The molecule has 2 aromatic carbocycles. The van der Waals surface area contributed by atoms with Crippen molar-refractivity contribution in [1.82, 2.24) is 4.90 Å². The summed E-state index contributed by atoms with van der Waals surface area (Å²) in [5.41, 5.74) is -0.0300. The Morgan fingerprint density at radius 2 is 1.64 bits per heavy atom. The third kappa shape index (κ3) is 4.20. The first-order chi connectivity index (χ1) is 22.2. The SMILES string of the molecule is C[C@]12CC[C@H]3[C@@]4(C=C[C@@]5(C=C4C(=O)c4ccccc4)C[C@@H](O)CC[C@]35C)[C@@H]1CC[C@@]21CN(Cc2ccc(OC(F)(F)F)cc2)C(=O)O1. The minimum Gasteiger partial charge on any atom is -0.440 e. The lowest BCUT2D eigenvalue weighted by molar-refractivity contribution is -0.274. The number of rotatable bonds is 5. The Labute approximate surface area is 272 Å². The molecule has 248 valence electrons. The lowest BCUT2D eigenvalue weighted by atomic mass is 9.32. The predicted octanol–water partition coefficient (Wildman–Crippen LogP) is 8.02. The van der Waals surface area contributed by atoms with Gasteiger partial charge in [-0.2, -0.15) is 0 Å². The van der Waals surface area contributed by atoms with Crippen molar-refractivity contribution in [2.75, 3.05) is 6.54 Å². The maximum atomic E-state index is 14.6. The number of halogens is 3. The van der Waals surface area contributed by atoms with Crippen molar-refractivity contribution in [1.29, 1.82) is 0 Å². The zero-order valence-corrected chi connectivity index (χ0v) is 26.7. The lowest BCUT2D eigenvalue weighted by Gasteiger charge is -2.71. The minimum absolute atomic E-state index is 0.0367. The molecule has 7 aliphatic rings. The number of benzene rings is 2. The third-order valence-corrected chi connectivity index (χ3v) is 13.5. The monoisotopic (exact) mass is 647 g/mol. The molecule has 1 amide bonds. The Kier molecular flexibility index (Phi) is 6.52. The number of alkyl halides is 3. The zero-order valence-electron chi connectivity index (χ0n) is 26.7. The summed E-state index contributed by atoms with van der Waals surface area (Å²) < 4.78 is 48.4. The molecular weight excluding hydrogens is 607 g/mol. The highest BCUT2D eigenvalue weighted by atomic mass is 19.4. The van der Waals surface area contributed by atoms with Gasteiger partial charge in [-0.05, 0) is 79.9 Å². The first-order valence-corrected chi connectivity index (χ1v) is 16.8. The maximum absolute atomic E-state index is 14.6. The van der Waals surface area contributed by atoms with Crippen LogP contribution in [-0.4, -0.2) is 46.5 Å². The molecule has 0 unspecified atom stereocenters. The van der Waals surface area contributed by atoms with Crippen molar-refractivity contribution in [3.05, 3.63) is 89.5 Å². The number of ether oxygens (including phenoxy) is 2. The van der Waals surface area contributed by atoms with Gasteiger partial charge in [-0.15, -0.1) is 13.2 Å². The van der Waals surface area contributed by atoms with Crippen LogP contribution in [0.15, 0.2) is 78.4 Å². The summed E-state index contributed by atoms with van der Waals surface area (Å²) in [5.74, 6) is -0.0120. The molecule has 3 spiro atoms. The van der Waals surface area contributed by atoms with Crippen LogP contribution in [0.1, 0.15) is 74.7 Å². The third-order valence-electron chi connectivity index (χ3n) is 13.5. The van der Waals surface area contributed by atoms with Gasteiger partial charge in [0.15, 0.2) is 5.78 Å². The molecule has 1 aliphatic heterocycles. The lowest BCUT2D eigenvalue weighted by Crippen LogP contribution is -2.67. The molecular formula is C38H40F3NO5. The number of amides is 1. The topological polar surface area (TPSA) is 76.1 Å². The molecule has 0 radical (unpaired) electrons. The number of aliphatic hydroxyl groups excluding tert-OH is 1. The molecule has 3 saturated carbocycles. The number of carbonyl (C=O) groups is 2. The van der Waals surface area contributed by atoms with Gasteiger partial charge in [-0.3, -0.25) is 9.69 Å². The molecule has 6 nitrogen and oxygen atoms in total. The second-order valence-electron chi connectivity index (χ2n) is 15.4. The number of nitrogens with zero attached hydrogens (tertiary/aromatic N) is 1. The van der Waals surface area contributed by atoms with Gasteiger partial charge in [0.25, 0.3) is 0 Å². The summed E-state index contributed by atoms with van der Waals surface area (Å²) in [6.07, 6.45) is 6.70. The molecule has 4 fully saturated rings. The van der Waals surface area contributed by atoms with Crippen molar-refractivity contribution in [2.45, 2.75) is 83.4 Å². The Morgan fingerprint density at radius 1 is 0.957 bits per heavy atom. The van der Waals surface area contributed by atoms with E-state index in [1.165, 1.54) is 24.3 Å². The number of hydrogen-bond donors (Lipinski definition) is 1. The fraction of sp³-hybridized carbons (Fsp3) is 0.526. The van der Waals surface area contributed by atoms with E-state index in [9.17, 15) is 27.9 Å². The molecule has 0 aromatic heterocycles. The first kappa shape index (κ1) is 30.7. The number of ketones is 1. The van der Waals surface area contributed by atoms with Crippen molar-refractivity contribution in [3.63, 3.8) is 0 Å². The average Bonchev–Trinajstić information content (AvgIpc) is 3.51. The van der Waals surface area contributed by atoms with E-state index in [1.54, 1.807) is 4.90 Å². The van der Waals surface area contributed by atoms with Crippen molar-refractivity contribution in [3.8, 4) is 5.75 Å². The van der Waals surface area contributed by atoms with E-state index >= 15 is 0 Å². The molecule has 9 heteroatoms. The molecule has 6 aliphatic carbocycles. The van der Waals surface area contributed by atoms with E-state index in [1.807, 2.05) is 30.3 Å². The Balaban J connectivity index is 1.15. The zero-order chi connectivity index (χ0) is 33.0. The molecule has 1 N–H and O–H groups in total.